The second-order valence-electron chi connectivity index (χ2n) is 14.8. The minimum atomic E-state index is -1.63. The van der Waals surface area contributed by atoms with Gasteiger partial charge in [0.25, 0.3) is 0 Å². The summed E-state index contributed by atoms with van der Waals surface area (Å²) in [5.41, 5.74) is 13.2. The first-order valence-corrected chi connectivity index (χ1v) is 20.2. The highest BCUT2D eigenvalue weighted by Gasteiger charge is 2.57. The topological polar surface area (TPSA) is 203 Å². The lowest BCUT2D eigenvalue weighted by atomic mass is 9.83. The van der Waals surface area contributed by atoms with Crippen molar-refractivity contribution < 1.29 is 62.1 Å². The standard InChI is InChI=1S/C46H51N3O13/c1-29(50)54-28-36-39(59-30(2)51)40(60-31(3)52)37(48-49-47)46(61-36)62-42-38(53)41(55-24-32-16-8-4-9-17-32)43(56-25-33-18-10-5-11-19-33)45(58-27-35-22-14-7-15-23-35)44(42)57-26-34-20-12-6-13-21-34/h4-23,36-46,53H,24-28H2,1-3H3/t36-,37-,38+,39+,40-,41+,42+,43+,44-,45-,46+/m1/s1. The fourth-order valence-electron chi connectivity index (χ4n) is 7.46. The monoisotopic (exact) mass is 853 g/mol. The summed E-state index contributed by atoms with van der Waals surface area (Å²) in [5.74, 6) is -2.26. The third-order valence-corrected chi connectivity index (χ3v) is 10.3. The number of aliphatic hydroxyl groups excluding tert-OH is 1. The lowest BCUT2D eigenvalue weighted by Gasteiger charge is -2.50. The number of hydrogen-bond donors (Lipinski definition) is 1. The molecule has 2 fully saturated rings. The van der Waals surface area contributed by atoms with Crippen molar-refractivity contribution in [3.8, 4) is 0 Å². The molecule has 0 unspecified atom stereocenters. The molecule has 1 saturated heterocycles. The van der Waals surface area contributed by atoms with Gasteiger partial charge in [0, 0.05) is 25.7 Å². The van der Waals surface area contributed by atoms with Crippen molar-refractivity contribution in [3.63, 3.8) is 0 Å². The number of aliphatic hydroxyl groups is 1. The van der Waals surface area contributed by atoms with Crippen LogP contribution in [0.15, 0.2) is 126 Å². The molecule has 0 amide bonds. The van der Waals surface area contributed by atoms with Crippen LogP contribution in [0.2, 0.25) is 0 Å². The predicted octanol–water partition coefficient (Wildman–Crippen LogP) is 5.92. The molecule has 1 saturated carbocycles. The van der Waals surface area contributed by atoms with Crippen LogP contribution >= 0.6 is 0 Å². The van der Waals surface area contributed by atoms with E-state index >= 15 is 0 Å². The number of esters is 3. The Morgan fingerprint density at radius 1 is 0.565 bits per heavy atom. The molecule has 16 nitrogen and oxygen atoms in total. The van der Waals surface area contributed by atoms with Gasteiger partial charge in [0.1, 0.15) is 55.4 Å². The SMILES string of the molecule is CC(=O)OC[C@H]1O[C@@H](O[C@H]2[C@@H](O)[C@H](OCc3ccccc3)[C@H](OCc3ccccc3)[C@@H](OCc3ccccc3)[C@@H]2OCc2ccccc2)[C@H](N=[N+]=[N-])[C@@H](OC(C)=O)[C@H]1OC(C)=O. The van der Waals surface area contributed by atoms with Gasteiger partial charge in [-0.15, -0.1) is 0 Å². The summed E-state index contributed by atoms with van der Waals surface area (Å²) in [7, 11) is 0. The zero-order chi connectivity index (χ0) is 43.8. The van der Waals surface area contributed by atoms with Gasteiger partial charge in [0.2, 0.25) is 0 Å². The minimum Gasteiger partial charge on any atom is -0.463 e. The second-order valence-corrected chi connectivity index (χ2v) is 14.8. The summed E-state index contributed by atoms with van der Waals surface area (Å²) in [6, 6.07) is 36.2. The number of ether oxygens (including phenoxy) is 9. The second kappa shape index (κ2) is 23.0. The van der Waals surface area contributed by atoms with Gasteiger partial charge in [-0.25, -0.2) is 0 Å². The molecule has 1 N–H and O–H groups in total. The Balaban J connectivity index is 1.45. The van der Waals surface area contributed by atoms with Gasteiger partial charge >= 0.3 is 17.9 Å². The van der Waals surface area contributed by atoms with Crippen LogP contribution in [-0.4, -0.2) is 96.9 Å². The van der Waals surface area contributed by atoms with E-state index in [1.807, 2.05) is 121 Å². The van der Waals surface area contributed by atoms with Gasteiger partial charge < -0.3 is 47.7 Å². The van der Waals surface area contributed by atoms with E-state index in [1.165, 1.54) is 6.92 Å². The highest BCUT2D eigenvalue weighted by atomic mass is 16.7. The Labute approximate surface area is 359 Å². The summed E-state index contributed by atoms with van der Waals surface area (Å²) >= 11 is 0. The van der Waals surface area contributed by atoms with Crippen LogP contribution in [0.3, 0.4) is 0 Å². The fraction of sp³-hybridized carbons (Fsp3) is 0.413. The lowest BCUT2D eigenvalue weighted by Crippen LogP contribution is -2.69. The summed E-state index contributed by atoms with van der Waals surface area (Å²) in [4.78, 5) is 40.0. The van der Waals surface area contributed by atoms with Gasteiger partial charge in [0.05, 0.1) is 26.4 Å². The van der Waals surface area contributed by atoms with E-state index in [1.54, 1.807) is 0 Å². The molecule has 16 heteroatoms. The number of hydrogen-bond acceptors (Lipinski definition) is 14. The molecule has 11 atom stereocenters. The Kier molecular flexibility index (Phi) is 17.0. The minimum absolute atomic E-state index is 0.0369. The van der Waals surface area contributed by atoms with E-state index in [2.05, 4.69) is 10.0 Å². The maximum absolute atomic E-state index is 12.7. The number of carbonyl (C=O) groups excluding carboxylic acids is 3. The zero-order valence-electron chi connectivity index (χ0n) is 34.6. The van der Waals surface area contributed by atoms with Crippen molar-refractivity contribution in [1.29, 1.82) is 0 Å². The van der Waals surface area contributed by atoms with Crippen LogP contribution in [0, 0.1) is 0 Å². The number of carbonyl (C=O) groups is 3. The summed E-state index contributed by atoms with van der Waals surface area (Å²) in [5, 5.41) is 16.6. The van der Waals surface area contributed by atoms with E-state index < -0.39 is 91.8 Å². The molecular formula is C46H51N3O13. The van der Waals surface area contributed by atoms with Crippen LogP contribution in [-0.2, 0) is 83.4 Å². The van der Waals surface area contributed by atoms with Crippen LogP contribution in [0.1, 0.15) is 43.0 Å². The van der Waals surface area contributed by atoms with Crippen LogP contribution < -0.4 is 0 Å². The molecule has 0 aromatic heterocycles. The summed E-state index contributed by atoms with van der Waals surface area (Å²) in [6.07, 6.45) is -13.0. The van der Waals surface area contributed by atoms with Crippen molar-refractivity contribution in [2.24, 2.45) is 5.11 Å². The van der Waals surface area contributed by atoms with Crippen LogP contribution in [0.4, 0.5) is 0 Å². The maximum Gasteiger partial charge on any atom is 0.303 e. The van der Waals surface area contributed by atoms with Gasteiger partial charge in [-0.05, 0) is 27.8 Å². The maximum atomic E-state index is 12.7. The predicted molar refractivity (Wildman–Crippen MR) is 220 cm³/mol. The fourth-order valence-corrected chi connectivity index (χ4v) is 7.46. The van der Waals surface area contributed by atoms with E-state index in [4.69, 9.17) is 42.6 Å². The van der Waals surface area contributed by atoms with Gasteiger partial charge in [-0.1, -0.05) is 126 Å². The molecule has 0 spiro atoms. The molecule has 0 bridgehead atoms. The lowest BCUT2D eigenvalue weighted by molar-refractivity contribution is -0.333. The molecule has 4 aromatic rings. The van der Waals surface area contributed by atoms with Gasteiger partial charge in [-0.3, -0.25) is 14.4 Å². The van der Waals surface area contributed by atoms with Crippen molar-refractivity contribution in [2.45, 2.75) is 114 Å². The van der Waals surface area contributed by atoms with Crippen molar-refractivity contribution >= 4 is 17.9 Å². The molecule has 1 aliphatic carbocycles. The summed E-state index contributed by atoms with van der Waals surface area (Å²) < 4.78 is 56.4. The van der Waals surface area contributed by atoms with Crippen molar-refractivity contribution in [1.82, 2.24) is 0 Å². The molecule has 1 aliphatic heterocycles. The average molecular weight is 854 g/mol. The van der Waals surface area contributed by atoms with Crippen molar-refractivity contribution in [2.75, 3.05) is 6.61 Å². The normalized spacial score (nSPS) is 27.0. The Hall–Kier alpha value is -5.68. The number of azide groups is 1. The molecule has 6 rings (SSSR count). The molecule has 328 valence electrons. The molecule has 4 aromatic carbocycles. The van der Waals surface area contributed by atoms with Crippen molar-refractivity contribution in [3.05, 3.63) is 154 Å². The first kappa shape index (κ1) is 45.8. The van der Waals surface area contributed by atoms with Gasteiger partial charge in [-0.2, -0.15) is 0 Å². The number of nitrogens with zero attached hydrogens (tertiary/aromatic N) is 3. The van der Waals surface area contributed by atoms with E-state index in [0.29, 0.717) is 0 Å². The quantitative estimate of drug-likeness (QED) is 0.0383. The van der Waals surface area contributed by atoms with E-state index in [-0.39, 0.29) is 26.4 Å². The summed E-state index contributed by atoms with van der Waals surface area (Å²) in [6.45, 7) is 3.28. The third-order valence-electron chi connectivity index (χ3n) is 10.3. The molecule has 2 aliphatic rings. The van der Waals surface area contributed by atoms with Crippen LogP contribution in [0.5, 0.6) is 0 Å². The van der Waals surface area contributed by atoms with E-state index in [9.17, 15) is 25.0 Å². The zero-order valence-corrected chi connectivity index (χ0v) is 34.6. The molecule has 1 heterocycles. The first-order chi connectivity index (χ1) is 30.1. The highest BCUT2D eigenvalue weighted by Crippen LogP contribution is 2.38. The van der Waals surface area contributed by atoms with Gasteiger partial charge in [0.15, 0.2) is 18.5 Å². The number of rotatable bonds is 19. The Morgan fingerprint density at radius 3 is 1.35 bits per heavy atom. The third kappa shape index (κ3) is 12.7. The Bertz CT molecular complexity index is 2060. The molecular weight excluding hydrogens is 803 g/mol. The highest BCUT2D eigenvalue weighted by molar-refractivity contribution is 5.68. The Morgan fingerprint density at radius 2 is 0.952 bits per heavy atom. The number of benzene rings is 4. The smallest absolute Gasteiger partial charge is 0.303 e. The average Bonchev–Trinajstić information content (AvgIpc) is 3.27. The largest absolute Gasteiger partial charge is 0.463 e. The van der Waals surface area contributed by atoms with E-state index in [0.717, 1.165) is 36.1 Å². The molecule has 62 heavy (non-hydrogen) atoms. The van der Waals surface area contributed by atoms with Crippen LogP contribution in [0.25, 0.3) is 10.4 Å². The first-order valence-electron chi connectivity index (χ1n) is 20.2. The molecule has 0 radical (unpaired) electrons.